The van der Waals surface area contributed by atoms with Crippen molar-refractivity contribution in [2.45, 2.75) is 32.9 Å². The highest BCUT2D eigenvalue weighted by Gasteiger charge is 2.16. The summed E-state index contributed by atoms with van der Waals surface area (Å²) in [5.41, 5.74) is 1.10. The van der Waals surface area contributed by atoms with Gasteiger partial charge in [-0.15, -0.1) is 11.3 Å². The minimum atomic E-state index is -0.0719. The van der Waals surface area contributed by atoms with Gasteiger partial charge in [0.2, 0.25) is 0 Å². The van der Waals surface area contributed by atoms with E-state index in [1.165, 1.54) is 4.88 Å². The van der Waals surface area contributed by atoms with E-state index in [9.17, 15) is 9.90 Å². The van der Waals surface area contributed by atoms with Crippen molar-refractivity contribution in [3.8, 4) is 5.75 Å². The van der Waals surface area contributed by atoms with Crippen LogP contribution in [0.3, 0.4) is 0 Å². The molecular formula is C17H22N2O2S. The molecule has 1 atom stereocenters. The number of hydrogen-bond acceptors (Lipinski definition) is 3. The number of aromatic hydroxyl groups is 1. The fourth-order valence-corrected chi connectivity index (χ4v) is 3.01. The maximum Gasteiger partial charge on any atom is 0.317 e. The highest BCUT2D eigenvalue weighted by molar-refractivity contribution is 7.11. The first-order chi connectivity index (χ1) is 10.5. The lowest BCUT2D eigenvalue weighted by Gasteiger charge is -2.25. The largest absolute Gasteiger partial charge is 0.508 e. The van der Waals surface area contributed by atoms with Crippen LogP contribution in [-0.2, 0) is 13.0 Å². The molecule has 1 heterocycles. The summed E-state index contributed by atoms with van der Waals surface area (Å²) in [4.78, 5) is 16.3. The van der Waals surface area contributed by atoms with E-state index in [1.807, 2.05) is 25.1 Å². The maximum atomic E-state index is 12.2. The molecule has 2 N–H and O–H groups in total. The van der Waals surface area contributed by atoms with Gasteiger partial charge in [-0.25, -0.2) is 4.79 Å². The van der Waals surface area contributed by atoms with Gasteiger partial charge in [-0.1, -0.05) is 12.1 Å². The lowest BCUT2D eigenvalue weighted by Crippen LogP contribution is -2.42. The van der Waals surface area contributed by atoms with Gasteiger partial charge < -0.3 is 15.3 Å². The molecule has 2 rings (SSSR count). The van der Waals surface area contributed by atoms with E-state index in [0.717, 1.165) is 16.9 Å². The fourth-order valence-electron chi connectivity index (χ4n) is 2.18. The van der Waals surface area contributed by atoms with Crippen LogP contribution in [0.2, 0.25) is 0 Å². The number of rotatable bonds is 5. The zero-order valence-corrected chi connectivity index (χ0v) is 14.0. The van der Waals surface area contributed by atoms with E-state index in [2.05, 4.69) is 18.3 Å². The molecule has 1 aromatic heterocycles. The van der Waals surface area contributed by atoms with Crippen LogP contribution in [0.25, 0.3) is 0 Å². The standard InChI is InChI=1S/C17H22N2O2S/c1-12(10-14-5-7-15(20)8-6-14)19(3)17(21)18-11-16-9-4-13(2)22-16/h4-9,12,20H,10-11H2,1-3H3,(H,18,21)/t12-/m1/s1. The van der Waals surface area contributed by atoms with Gasteiger partial charge in [0.1, 0.15) is 5.75 Å². The first-order valence-electron chi connectivity index (χ1n) is 7.29. The summed E-state index contributed by atoms with van der Waals surface area (Å²) in [6.07, 6.45) is 0.752. The molecule has 4 nitrogen and oxygen atoms in total. The van der Waals surface area contributed by atoms with Crippen LogP contribution in [0.5, 0.6) is 5.75 Å². The summed E-state index contributed by atoms with van der Waals surface area (Å²) in [6, 6.07) is 11.2. The van der Waals surface area contributed by atoms with Gasteiger partial charge in [0.25, 0.3) is 0 Å². The van der Waals surface area contributed by atoms with Gasteiger partial charge in [-0.2, -0.15) is 0 Å². The van der Waals surface area contributed by atoms with Gasteiger partial charge in [0, 0.05) is 22.8 Å². The Morgan fingerprint density at radius 3 is 2.55 bits per heavy atom. The fraction of sp³-hybridized carbons (Fsp3) is 0.353. The Kier molecular flexibility index (Phi) is 5.44. The molecule has 0 aliphatic rings. The molecule has 22 heavy (non-hydrogen) atoms. The Labute approximate surface area is 135 Å². The Morgan fingerprint density at radius 2 is 1.95 bits per heavy atom. The molecule has 0 radical (unpaired) electrons. The summed E-state index contributed by atoms with van der Waals surface area (Å²) < 4.78 is 0. The summed E-state index contributed by atoms with van der Waals surface area (Å²) in [5, 5.41) is 12.2. The van der Waals surface area contributed by atoms with E-state index in [-0.39, 0.29) is 17.8 Å². The van der Waals surface area contributed by atoms with Gasteiger partial charge in [-0.05, 0) is 50.1 Å². The summed E-state index contributed by atoms with van der Waals surface area (Å²) in [5.74, 6) is 0.258. The van der Waals surface area contributed by atoms with Crippen LogP contribution in [-0.4, -0.2) is 29.1 Å². The molecule has 0 aliphatic carbocycles. The van der Waals surface area contributed by atoms with E-state index in [4.69, 9.17) is 0 Å². The average molecular weight is 318 g/mol. The number of urea groups is 1. The van der Waals surface area contributed by atoms with E-state index < -0.39 is 0 Å². The smallest absolute Gasteiger partial charge is 0.317 e. The SMILES string of the molecule is Cc1ccc(CNC(=O)N(C)[C@H](C)Cc2ccc(O)cc2)s1. The molecule has 2 aromatic rings. The molecule has 5 heteroatoms. The number of aryl methyl sites for hydroxylation is 1. The molecular weight excluding hydrogens is 296 g/mol. The first-order valence-corrected chi connectivity index (χ1v) is 8.11. The summed E-state index contributed by atoms with van der Waals surface area (Å²) >= 11 is 1.70. The van der Waals surface area contributed by atoms with Crippen molar-refractivity contribution in [2.75, 3.05) is 7.05 Å². The third kappa shape index (κ3) is 4.49. The highest BCUT2D eigenvalue weighted by Crippen LogP contribution is 2.15. The van der Waals surface area contributed by atoms with Crippen molar-refractivity contribution >= 4 is 17.4 Å². The van der Waals surface area contributed by atoms with E-state index in [1.54, 1.807) is 35.4 Å². The maximum absolute atomic E-state index is 12.2. The van der Waals surface area contributed by atoms with E-state index in [0.29, 0.717) is 6.54 Å². The second-order valence-corrected chi connectivity index (χ2v) is 6.87. The second kappa shape index (κ2) is 7.31. The third-order valence-electron chi connectivity index (χ3n) is 3.66. The molecule has 0 saturated carbocycles. The Bertz CT molecular complexity index is 622. The van der Waals surface area contributed by atoms with Gasteiger partial charge in [-0.3, -0.25) is 0 Å². The second-order valence-electron chi connectivity index (χ2n) is 5.50. The molecule has 0 unspecified atom stereocenters. The zero-order chi connectivity index (χ0) is 16.1. The number of thiophene rings is 1. The summed E-state index contributed by atoms with van der Waals surface area (Å²) in [7, 11) is 1.81. The predicted molar refractivity (Wildman–Crippen MR) is 90.3 cm³/mol. The molecule has 0 fully saturated rings. The Balaban J connectivity index is 1.84. The number of amides is 2. The van der Waals surface area contributed by atoms with Crippen LogP contribution in [0, 0.1) is 6.92 Å². The van der Waals surface area contributed by atoms with Crippen molar-refractivity contribution in [3.63, 3.8) is 0 Å². The number of likely N-dealkylation sites (N-methyl/N-ethyl adjacent to an activating group) is 1. The van der Waals surface area contributed by atoms with Crippen LogP contribution >= 0.6 is 11.3 Å². The molecule has 1 aromatic carbocycles. The Hall–Kier alpha value is -2.01. The number of carbonyl (C=O) groups is 1. The number of benzene rings is 1. The third-order valence-corrected chi connectivity index (χ3v) is 4.66. The minimum absolute atomic E-state index is 0.0719. The van der Waals surface area contributed by atoms with Crippen molar-refractivity contribution in [2.24, 2.45) is 0 Å². The van der Waals surface area contributed by atoms with Crippen molar-refractivity contribution < 1.29 is 9.90 Å². The van der Waals surface area contributed by atoms with Gasteiger partial charge >= 0.3 is 6.03 Å². The van der Waals surface area contributed by atoms with Crippen molar-refractivity contribution in [3.05, 3.63) is 51.7 Å². The molecule has 2 amide bonds. The molecule has 0 bridgehead atoms. The number of nitrogens with one attached hydrogen (secondary N) is 1. The monoisotopic (exact) mass is 318 g/mol. The lowest BCUT2D eigenvalue weighted by atomic mass is 10.1. The summed E-state index contributed by atoms with van der Waals surface area (Å²) in [6.45, 7) is 4.64. The van der Waals surface area contributed by atoms with E-state index >= 15 is 0 Å². The van der Waals surface area contributed by atoms with Gasteiger partial charge in [0.15, 0.2) is 0 Å². The lowest BCUT2D eigenvalue weighted by molar-refractivity contribution is 0.193. The minimum Gasteiger partial charge on any atom is -0.508 e. The van der Waals surface area contributed by atoms with Crippen LogP contribution in [0.1, 0.15) is 22.2 Å². The highest BCUT2D eigenvalue weighted by atomic mass is 32.1. The molecule has 118 valence electrons. The number of hydrogen-bond donors (Lipinski definition) is 2. The molecule has 0 saturated heterocycles. The number of phenols is 1. The molecule has 0 spiro atoms. The first kappa shape index (κ1) is 16.4. The van der Waals surface area contributed by atoms with Crippen molar-refractivity contribution in [1.82, 2.24) is 10.2 Å². The van der Waals surface area contributed by atoms with Crippen LogP contribution < -0.4 is 5.32 Å². The normalized spacial score (nSPS) is 12.0. The number of nitrogens with zero attached hydrogens (tertiary/aromatic N) is 1. The molecule has 0 aliphatic heterocycles. The van der Waals surface area contributed by atoms with Crippen LogP contribution in [0.4, 0.5) is 4.79 Å². The number of phenolic OH excluding ortho intramolecular Hbond substituents is 1. The topological polar surface area (TPSA) is 52.6 Å². The van der Waals surface area contributed by atoms with Crippen LogP contribution in [0.15, 0.2) is 36.4 Å². The number of carbonyl (C=O) groups excluding carboxylic acids is 1. The Morgan fingerprint density at radius 1 is 1.27 bits per heavy atom. The predicted octanol–water partition coefficient (Wildman–Crippen LogP) is 3.53. The van der Waals surface area contributed by atoms with Crippen molar-refractivity contribution in [1.29, 1.82) is 0 Å². The van der Waals surface area contributed by atoms with Gasteiger partial charge in [0.05, 0.1) is 6.54 Å². The quantitative estimate of drug-likeness (QED) is 0.886. The zero-order valence-electron chi connectivity index (χ0n) is 13.2. The average Bonchev–Trinajstić information content (AvgIpc) is 2.92.